The predicted molar refractivity (Wildman–Crippen MR) is 211 cm³/mol. The Kier molecular flexibility index (Phi) is 12.5. The maximum absolute atomic E-state index is 14.7. The molecule has 0 spiro atoms. The van der Waals surface area contributed by atoms with Gasteiger partial charge >= 0.3 is 0 Å². The smallest absolute Gasteiger partial charge is 0.242 e. The number of aliphatic hydroxyl groups excluding tert-OH is 6. The standard InChI is InChI=1S/C42H49N5O14/c43-42-45-39-31(40(57)46-42)44-18-47(39)27-6-2-1-5-23(27)29-20(4-3-10-48)15-58-17-28-34(54)35(55)36(56)41(60-28)61-37-26(29)13-25-30(38(37)59-16-21(51)9-11-49)33(53)24-12-19(14-50)7-8-22(24)32(25)52/h1-2,5-8,11-13,20-21,28-29,31,34-36,39,41-42,44-45,48,50-51,54-56H,3-4,9-10,14-18,43H2,(H,46,57)/t20-,21+,28-,29-,31-,34-,35+,36-,39-,41+,42-/m0/s1. The summed E-state index contributed by atoms with van der Waals surface area (Å²) in [5, 5.41) is 73.5. The zero-order valence-electron chi connectivity index (χ0n) is 32.9. The van der Waals surface area contributed by atoms with Gasteiger partial charge < -0.3 is 64.6 Å². The lowest BCUT2D eigenvalue weighted by atomic mass is 9.74. The fourth-order valence-corrected chi connectivity index (χ4v) is 8.97. The lowest BCUT2D eigenvalue weighted by Gasteiger charge is -2.40. The maximum Gasteiger partial charge on any atom is 0.242 e. The molecule has 19 heteroatoms. The maximum atomic E-state index is 14.7. The van der Waals surface area contributed by atoms with Crippen LogP contribution in [0.3, 0.4) is 0 Å². The number of nitrogens with one attached hydrogen (secondary N) is 3. The van der Waals surface area contributed by atoms with Gasteiger partial charge in [0, 0.05) is 46.9 Å². The van der Waals surface area contributed by atoms with Crippen LogP contribution in [0.25, 0.3) is 0 Å². The van der Waals surface area contributed by atoms with Crippen LogP contribution < -0.4 is 36.1 Å². The molecule has 0 radical (unpaired) electrons. The van der Waals surface area contributed by atoms with Crippen molar-refractivity contribution in [2.75, 3.05) is 38.0 Å². The third-order valence-electron chi connectivity index (χ3n) is 12.0. The second-order valence-electron chi connectivity index (χ2n) is 15.8. The summed E-state index contributed by atoms with van der Waals surface area (Å²) in [5.41, 5.74) is 7.62. The monoisotopic (exact) mass is 847 g/mol. The van der Waals surface area contributed by atoms with Gasteiger partial charge in [0.15, 0.2) is 23.1 Å². The molecule has 0 unspecified atom stereocenters. The molecule has 3 aromatic rings. The summed E-state index contributed by atoms with van der Waals surface area (Å²) in [5.74, 6) is -3.61. The Bertz CT molecular complexity index is 2170. The van der Waals surface area contributed by atoms with Crippen molar-refractivity contribution in [3.63, 3.8) is 0 Å². The van der Waals surface area contributed by atoms with Crippen LogP contribution in [-0.4, -0.2) is 143 Å². The average molecular weight is 848 g/mol. The number of hydrogen-bond acceptors (Lipinski definition) is 18. The zero-order chi connectivity index (χ0) is 43.1. The molecule has 1 amide bonds. The van der Waals surface area contributed by atoms with Crippen LogP contribution in [0.5, 0.6) is 11.5 Å². The number of aldehydes is 1. The van der Waals surface area contributed by atoms with Gasteiger partial charge in [0.05, 0.1) is 38.2 Å². The number of nitrogens with zero attached hydrogens (tertiary/aromatic N) is 1. The van der Waals surface area contributed by atoms with Crippen molar-refractivity contribution in [2.24, 2.45) is 11.7 Å². The van der Waals surface area contributed by atoms with E-state index in [1.807, 2.05) is 23.1 Å². The van der Waals surface area contributed by atoms with E-state index >= 15 is 0 Å². The second-order valence-corrected chi connectivity index (χ2v) is 15.8. The van der Waals surface area contributed by atoms with Gasteiger partial charge in [0.1, 0.15) is 55.8 Å². The normalized spacial score (nSPS) is 30.1. The summed E-state index contributed by atoms with van der Waals surface area (Å²) in [7, 11) is 0. The molecule has 2 bridgehead atoms. The summed E-state index contributed by atoms with van der Waals surface area (Å²) in [4.78, 5) is 55.9. The highest BCUT2D eigenvalue weighted by Crippen LogP contribution is 2.51. The minimum Gasteiger partial charge on any atom is -0.486 e. The van der Waals surface area contributed by atoms with Crippen molar-refractivity contribution < 1.29 is 68.8 Å². The van der Waals surface area contributed by atoms with Crippen molar-refractivity contribution >= 4 is 29.4 Å². The molecular weight excluding hydrogens is 798 g/mol. The van der Waals surface area contributed by atoms with Crippen molar-refractivity contribution in [3.05, 3.63) is 87.5 Å². The Morgan fingerprint density at radius 1 is 0.951 bits per heavy atom. The Morgan fingerprint density at radius 3 is 2.52 bits per heavy atom. The number of ether oxygens (including phenoxy) is 4. The fourth-order valence-electron chi connectivity index (χ4n) is 8.97. The average Bonchev–Trinajstić information content (AvgIpc) is 3.67. The molecule has 5 aliphatic rings. The second kappa shape index (κ2) is 17.8. The third kappa shape index (κ3) is 7.92. The summed E-state index contributed by atoms with van der Waals surface area (Å²) >= 11 is 0. The van der Waals surface area contributed by atoms with Crippen molar-refractivity contribution in [1.29, 1.82) is 0 Å². The van der Waals surface area contributed by atoms with Crippen LogP contribution in [0.4, 0.5) is 5.69 Å². The minimum atomic E-state index is -1.87. The number of anilines is 1. The molecule has 19 nitrogen and oxygen atoms in total. The largest absolute Gasteiger partial charge is 0.486 e. The summed E-state index contributed by atoms with van der Waals surface area (Å²) in [6.07, 6.45) is -10.4. The van der Waals surface area contributed by atoms with Crippen LogP contribution in [0, 0.1) is 5.92 Å². The van der Waals surface area contributed by atoms with Gasteiger partial charge in [-0.3, -0.25) is 30.8 Å². The molecule has 1 aliphatic carbocycles. The predicted octanol–water partition coefficient (Wildman–Crippen LogP) is -1.96. The molecule has 3 saturated heterocycles. The highest BCUT2D eigenvalue weighted by Gasteiger charge is 2.49. The van der Waals surface area contributed by atoms with Crippen LogP contribution in [0.15, 0.2) is 48.5 Å². The van der Waals surface area contributed by atoms with E-state index in [4.69, 9.17) is 24.7 Å². The molecular formula is C42H49N5O14. The van der Waals surface area contributed by atoms with Gasteiger partial charge in [-0.25, -0.2) is 0 Å². The van der Waals surface area contributed by atoms with E-state index < -0.39 is 91.9 Å². The molecule has 11 atom stereocenters. The van der Waals surface area contributed by atoms with Crippen LogP contribution >= 0.6 is 0 Å². The SMILES string of the molecule is N[C@@H]1NC(=O)[C@H]2NCN(c3ccccc3[C@H]3c4cc5c(c(OC[C@H](O)CC=O)c4O[C@H]4O[C@@H](COC[C@@H]3CCCO)[C@H](O)[C@@H](O)[C@@H]4O)C(=O)c3cc(CO)ccc3C5=O)[C@@H]2N1. The van der Waals surface area contributed by atoms with E-state index in [2.05, 4.69) is 16.0 Å². The quantitative estimate of drug-likeness (QED) is 0.0734. The van der Waals surface area contributed by atoms with Crippen LogP contribution in [0.1, 0.15) is 73.7 Å². The molecule has 11 N–H and O–H groups in total. The molecule has 4 aliphatic heterocycles. The third-order valence-corrected chi connectivity index (χ3v) is 12.0. The van der Waals surface area contributed by atoms with E-state index in [9.17, 15) is 49.8 Å². The zero-order valence-corrected chi connectivity index (χ0v) is 32.9. The van der Waals surface area contributed by atoms with Crippen molar-refractivity contribution in [1.82, 2.24) is 16.0 Å². The number of fused-ring (bicyclic) bond motifs is 6. The molecule has 8 rings (SSSR count). The first-order chi connectivity index (χ1) is 29.4. The minimum absolute atomic E-state index is 0.0408. The van der Waals surface area contributed by atoms with Gasteiger partial charge in [0.2, 0.25) is 12.2 Å². The van der Waals surface area contributed by atoms with Gasteiger partial charge in [-0.2, -0.15) is 0 Å². The molecule has 61 heavy (non-hydrogen) atoms. The molecule has 4 heterocycles. The molecule has 3 fully saturated rings. The van der Waals surface area contributed by atoms with E-state index in [-0.39, 0.29) is 84.6 Å². The summed E-state index contributed by atoms with van der Waals surface area (Å²) in [6.45, 7) is -1.32. The molecule has 326 valence electrons. The number of para-hydroxylation sites is 1. The Morgan fingerprint density at radius 2 is 1.75 bits per heavy atom. The van der Waals surface area contributed by atoms with E-state index in [0.29, 0.717) is 29.5 Å². The number of benzene rings is 3. The van der Waals surface area contributed by atoms with Crippen molar-refractivity contribution in [3.8, 4) is 11.5 Å². The number of aliphatic hydroxyl groups is 6. The summed E-state index contributed by atoms with van der Waals surface area (Å²) in [6, 6.07) is 12.5. The first-order valence-electron chi connectivity index (χ1n) is 20.2. The van der Waals surface area contributed by atoms with Crippen LogP contribution in [-0.2, 0) is 25.7 Å². The van der Waals surface area contributed by atoms with E-state index in [1.54, 1.807) is 6.07 Å². The lowest BCUT2D eigenvalue weighted by Crippen LogP contribution is -2.70. The van der Waals surface area contributed by atoms with Crippen LogP contribution in [0.2, 0.25) is 0 Å². The molecule has 3 aromatic carbocycles. The van der Waals surface area contributed by atoms with Gasteiger partial charge in [-0.1, -0.05) is 24.3 Å². The number of hydrogen-bond donors (Lipinski definition) is 10. The first-order valence-corrected chi connectivity index (χ1v) is 20.2. The number of carbonyl (C=O) groups is 4. The van der Waals surface area contributed by atoms with Gasteiger partial charge in [-0.15, -0.1) is 0 Å². The number of rotatable bonds is 11. The molecule has 0 saturated carbocycles. The first kappa shape index (κ1) is 42.8. The number of nitrogens with two attached hydrogens (primary N) is 1. The Labute approximate surface area is 349 Å². The van der Waals surface area contributed by atoms with E-state index in [1.165, 1.54) is 24.3 Å². The highest BCUT2D eigenvalue weighted by atomic mass is 16.7. The Balaban J connectivity index is 1.41. The summed E-state index contributed by atoms with van der Waals surface area (Å²) < 4.78 is 25.2. The highest BCUT2D eigenvalue weighted by molar-refractivity contribution is 6.29. The number of carbonyl (C=O) groups excluding carboxylic acids is 4. The van der Waals surface area contributed by atoms with Gasteiger partial charge in [0.25, 0.3) is 0 Å². The topological polar surface area (TPSA) is 292 Å². The molecule has 0 aromatic heterocycles. The van der Waals surface area contributed by atoms with Crippen molar-refractivity contribution in [2.45, 2.75) is 87.1 Å². The fraction of sp³-hybridized carbons (Fsp3) is 0.476. The number of amides is 1. The van der Waals surface area contributed by atoms with E-state index in [0.717, 1.165) is 0 Å². The van der Waals surface area contributed by atoms with Gasteiger partial charge in [-0.05, 0) is 54.2 Å². The number of ketones is 2. The Hall–Kier alpha value is -4.90. The lowest BCUT2D eigenvalue weighted by molar-refractivity contribution is -0.280.